The number of hydrogen-bond donors (Lipinski definition) is 3. The van der Waals surface area contributed by atoms with Crippen molar-refractivity contribution in [1.29, 1.82) is 0 Å². The summed E-state index contributed by atoms with van der Waals surface area (Å²) in [6, 6.07) is 6.65. The van der Waals surface area contributed by atoms with Crippen molar-refractivity contribution in [2.45, 2.75) is 27.7 Å². The molecule has 1 aromatic carbocycles. The van der Waals surface area contributed by atoms with Crippen LogP contribution >= 0.6 is 0 Å². The molecule has 0 saturated heterocycles. The summed E-state index contributed by atoms with van der Waals surface area (Å²) in [6.07, 6.45) is 0. The van der Waals surface area contributed by atoms with Crippen molar-refractivity contribution in [2.24, 2.45) is 0 Å². The third-order valence-corrected chi connectivity index (χ3v) is 3.58. The minimum absolute atomic E-state index is 0.296. The fourth-order valence-electron chi connectivity index (χ4n) is 2.46. The normalized spacial score (nSPS) is 10.2. The number of aryl methyl sites for hydroxylation is 1. The number of ether oxygens (including phenoxy) is 2. The molecule has 0 fully saturated rings. The first-order valence-electron chi connectivity index (χ1n) is 8.13. The monoisotopic (exact) mass is 345 g/mol. The average molecular weight is 345 g/mol. The molecule has 0 spiro atoms. The maximum Gasteiger partial charge on any atom is 0.340 e. The highest BCUT2D eigenvalue weighted by atomic mass is 16.5. The Morgan fingerprint density at radius 1 is 1.04 bits per heavy atom. The van der Waals surface area contributed by atoms with Gasteiger partial charge in [0.2, 0.25) is 0 Å². The molecule has 0 bridgehead atoms. The number of nitrogens with one attached hydrogen (secondary N) is 3. The zero-order valence-electron chi connectivity index (χ0n) is 14.9. The van der Waals surface area contributed by atoms with Crippen LogP contribution < -0.4 is 15.4 Å². The quantitative estimate of drug-likeness (QED) is 0.693. The summed E-state index contributed by atoms with van der Waals surface area (Å²) in [7, 11) is 0. The summed E-state index contributed by atoms with van der Waals surface area (Å²) in [5.74, 6) is 0.793. The lowest BCUT2D eigenvalue weighted by molar-refractivity contribution is 0.0525. The number of anilines is 2. The number of carbonyl (C=O) groups is 2. The number of benzene rings is 1. The van der Waals surface area contributed by atoms with Crippen molar-refractivity contribution in [3.8, 4) is 5.75 Å². The Balaban J connectivity index is 2.05. The molecule has 2 aromatic rings. The highest BCUT2D eigenvalue weighted by Crippen LogP contribution is 2.23. The molecule has 0 atom stereocenters. The standard InChI is InChI=1S/C18H23N3O4/c1-5-24-14-9-7-13(8-10-14)20-18(23)21-16-11(3)15(12(4)19-16)17(22)25-6-2/h7-10,19H,5-6H2,1-4H3,(H2,20,21,23). The van der Waals surface area contributed by atoms with Crippen LogP contribution in [-0.4, -0.2) is 30.2 Å². The summed E-state index contributed by atoms with van der Waals surface area (Å²) in [5, 5.41) is 5.44. The van der Waals surface area contributed by atoms with E-state index in [2.05, 4.69) is 15.6 Å². The summed E-state index contributed by atoms with van der Waals surface area (Å²) >= 11 is 0. The zero-order valence-corrected chi connectivity index (χ0v) is 14.9. The number of aromatic nitrogens is 1. The van der Waals surface area contributed by atoms with Crippen LogP contribution in [0.2, 0.25) is 0 Å². The van der Waals surface area contributed by atoms with Gasteiger partial charge in [-0.05, 0) is 52.0 Å². The Labute approximate surface area is 146 Å². The fraction of sp³-hybridized carbons (Fsp3) is 0.333. The second-order valence-electron chi connectivity index (χ2n) is 5.38. The van der Waals surface area contributed by atoms with Crippen molar-refractivity contribution < 1.29 is 19.1 Å². The molecule has 0 saturated carbocycles. The molecule has 2 amide bonds. The number of esters is 1. The Hall–Kier alpha value is -2.96. The van der Waals surface area contributed by atoms with Crippen molar-refractivity contribution in [3.63, 3.8) is 0 Å². The van der Waals surface area contributed by atoms with E-state index in [9.17, 15) is 9.59 Å². The average Bonchev–Trinajstić information content (AvgIpc) is 2.83. The lowest BCUT2D eigenvalue weighted by Crippen LogP contribution is -2.20. The van der Waals surface area contributed by atoms with E-state index in [1.165, 1.54) is 0 Å². The number of aromatic amines is 1. The van der Waals surface area contributed by atoms with E-state index < -0.39 is 12.0 Å². The van der Waals surface area contributed by atoms with Crippen molar-refractivity contribution >= 4 is 23.5 Å². The van der Waals surface area contributed by atoms with E-state index in [1.807, 2.05) is 6.92 Å². The molecule has 7 nitrogen and oxygen atoms in total. The molecular formula is C18H23N3O4. The van der Waals surface area contributed by atoms with Gasteiger partial charge >= 0.3 is 12.0 Å². The van der Waals surface area contributed by atoms with Gasteiger partial charge in [-0.2, -0.15) is 0 Å². The van der Waals surface area contributed by atoms with Crippen molar-refractivity contribution in [3.05, 3.63) is 41.1 Å². The number of amides is 2. The summed E-state index contributed by atoms with van der Waals surface area (Å²) in [5.41, 5.74) is 2.36. The maximum atomic E-state index is 12.2. The van der Waals surface area contributed by atoms with Crippen LogP contribution in [-0.2, 0) is 4.74 Å². The fourth-order valence-corrected chi connectivity index (χ4v) is 2.46. The topological polar surface area (TPSA) is 92.5 Å². The molecule has 0 radical (unpaired) electrons. The number of rotatable bonds is 6. The van der Waals surface area contributed by atoms with Gasteiger partial charge in [0.05, 0.1) is 18.8 Å². The molecule has 0 unspecified atom stereocenters. The zero-order chi connectivity index (χ0) is 18.4. The van der Waals surface area contributed by atoms with Gasteiger partial charge < -0.3 is 19.8 Å². The molecule has 7 heteroatoms. The van der Waals surface area contributed by atoms with E-state index in [4.69, 9.17) is 9.47 Å². The Morgan fingerprint density at radius 2 is 1.72 bits per heavy atom. The number of hydrogen-bond acceptors (Lipinski definition) is 4. The van der Waals surface area contributed by atoms with Gasteiger partial charge in [-0.1, -0.05) is 0 Å². The Kier molecular flexibility index (Phi) is 6.05. The van der Waals surface area contributed by atoms with Crippen LogP contribution in [0.5, 0.6) is 5.75 Å². The lowest BCUT2D eigenvalue weighted by Gasteiger charge is -2.08. The number of carbonyl (C=O) groups excluding carboxylic acids is 2. The molecule has 1 aromatic heterocycles. The smallest absolute Gasteiger partial charge is 0.340 e. The van der Waals surface area contributed by atoms with E-state index >= 15 is 0 Å². The van der Waals surface area contributed by atoms with E-state index in [1.54, 1.807) is 45.0 Å². The van der Waals surface area contributed by atoms with Crippen LogP contribution in [0, 0.1) is 13.8 Å². The Bertz CT molecular complexity index is 750. The summed E-state index contributed by atoms with van der Waals surface area (Å²) in [6.45, 7) is 8.05. The van der Waals surface area contributed by atoms with Crippen LogP contribution in [0.4, 0.5) is 16.3 Å². The minimum atomic E-state index is -0.413. The molecule has 134 valence electrons. The predicted molar refractivity (Wildman–Crippen MR) is 96.5 cm³/mol. The number of H-pyrrole nitrogens is 1. The SMILES string of the molecule is CCOC(=O)c1c(C)[nH]c(NC(=O)Nc2ccc(OCC)cc2)c1C. The molecule has 0 aliphatic carbocycles. The van der Waals surface area contributed by atoms with Gasteiger partial charge in [0, 0.05) is 16.9 Å². The molecule has 0 aliphatic heterocycles. The first kappa shape index (κ1) is 18.4. The van der Waals surface area contributed by atoms with Gasteiger partial charge in [0.25, 0.3) is 0 Å². The van der Waals surface area contributed by atoms with Crippen LogP contribution in [0.1, 0.15) is 35.5 Å². The Morgan fingerprint density at radius 3 is 2.32 bits per heavy atom. The van der Waals surface area contributed by atoms with E-state index in [0.717, 1.165) is 5.75 Å². The second-order valence-corrected chi connectivity index (χ2v) is 5.38. The second kappa shape index (κ2) is 8.23. The van der Waals surface area contributed by atoms with Crippen molar-refractivity contribution in [2.75, 3.05) is 23.8 Å². The first-order valence-corrected chi connectivity index (χ1v) is 8.13. The van der Waals surface area contributed by atoms with Gasteiger partial charge in [-0.15, -0.1) is 0 Å². The summed E-state index contributed by atoms with van der Waals surface area (Å²) < 4.78 is 10.4. The van der Waals surface area contributed by atoms with Crippen LogP contribution in [0.25, 0.3) is 0 Å². The van der Waals surface area contributed by atoms with Crippen LogP contribution in [0.3, 0.4) is 0 Å². The van der Waals surface area contributed by atoms with Crippen molar-refractivity contribution in [1.82, 2.24) is 4.98 Å². The molecule has 1 heterocycles. The molecule has 3 N–H and O–H groups in total. The molecule has 25 heavy (non-hydrogen) atoms. The third-order valence-electron chi connectivity index (χ3n) is 3.58. The number of urea groups is 1. The highest BCUT2D eigenvalue weighted by Gasteiger charge is 2.20. The largest absolute Gasteiger partial charge is 0.494 e. The van der Waals surface area contributed by atoms with Crippen LogP contribution in [0.15, 0.2) is 24.3 Å². The first-order chi connectivity index (χ1) is 12.0. The minimum Gasteiger partial charge on any atom is -0.494 e. The van der Waals surface area contributed by atoms with Gasteiger partial charge in [-0.25, -0.2) is 9.59 Å². The van der Waals surface area contributed by atoms with Gasteiger partial charge in [-0.3, -0.25) is 5.32 Å². The molecule has 0 aliphatic rings. The molecular weight excluding hydrogens is 322 g/mol. The van der Waals surface area contributed by atoms with E-state index in [-0.39, 0.29) is 0 Å². The predicted octanol–water partition coefficient (Wildman–Crippen LogP) is 3.85. The lowest BCUT2D eigenvalue weighted by atomic mass is 10.1. The maximum absolute atomic E-state index is 12.2. The molecule has 2 rings (SSSR count). The third kappa shape index (κ3) is 4.53. The van der Waals surface area contributed by atoms with Gasteiger partial charge in [0.15, 0.2) is 0 Å². The van der Waals surface area contributed by atoms with E-state index in [0.29, 0.717) is 41.5 Å². The highest BCUT2D eigenvalue weighted by molar-refractivity contribution is 6.01. The van der Waals surface area contributed by atoms with Gasteiger partial charge in [0.1, 0.15) is 11.6 Å². The summed E-state index contributed by atoms with van der Waals surface area (Å²) in [4.78, 5) is 27.2.